The van der Waals surface area contributed by atoms with Crippen LogP contribution in [-0.2, 0) is 5.75 Å². The Morgan fingerprint density at radius 1 is 1.19 bits per heavy atom. The highest BCUT2D eigenvalue weighted by atomic mass is 32.2. The monoisotopic (exact) mass is 315 g/mol. The molecule has 5 heteroatoms. The fraction of sp³-hybridized carbons (Fsp3) is 0.250. The smallest absolute Gasteiger partial charge is 0.142 e. The summed E-state index contributed by atoms with van der Waals surface area (Å²) in [5, 5.41) is 6.32. The number of thioether (sulfide) groups is 1. The van der Waals surface area contributed by atoms with Gasteiger partial charge in [0.15, 0.2) is 0 Å². The van der Waals surface area contributed by atoms with Gasteiger partial charge in [0, 0.05) is 11.9 Å². The van der Waals surface area contributed by atoms with E-state index in [4.69, 9.17) is 0 Å². The number of nitrogens with zero attached hydrogens (tertiary/aromatic N) is 2. The Bertz CT molecular complexity index is 780. The first-order valence-electron chi connectivity index (χ1n) is 6.79. The minimum Gasteiger partial charge on any atom is -0.372 e. The van der Waals surface area contributed by atoms with E-state index in [2.05, 4.69) is 58.8 Å². The van der Waals surface area contributed by atoms with E-state index in [-0.39, 0.29) is 0 Å². The number of aryl methyl sites for hydroxylation is 2. The number of fused-ring (bicyclic) bond motifs is 1. The Morgan fingerprint density at radius 3 is 2.86 bits per heavy atom. The zero-order chi connectivity index (χ0) is 14.8. The summed E-state index contributed by atoms with van der Waals surface area (Å²) in [5.41, 5.74) is 2.59. The summed E-state index contributed by atoms with van der Waals surface area (Å²) in [7, 11) is 1.90. The average molecular weight is 315 g/mol. The van der Waals surface area contributed by atoms with Crippen LogP contribution in [0.1, 0.15) is 17.0 Å². The Morgan fingerprint density at radius 2 is 2.05 bits per heavy atom. The van der Waals surface area contributed by atoms with E-state index in [1.165, 1.54) is 16.0 Å². The molecule has 0 aliphatic carbocycles. The van der Waals surface area contributed by atoms with Crippen molar-refractivity contribution < 1.29 is 0 Å². The van der Waals surface area contributed by atoms with E-state index in [1.54, 1.807) is 23.1 Å². The van der Waals surface area contributed by atoms with Crippen molar-refractivity contribution in [2.24, 2.45) is 0 Å². The highest BCUT2D eigenvalue weighted by Crippen LogP contribution is 2.29. The maximum Gasteiger partial charge on any atom is 0.142 e. The minimum absolute atomic E-state index is 0.785. The van der Waals surface area contributed by atoms with Crippen LogP contribution in [0.3, 0.4) is 0 Å². The molecule has 108 valence electrons. The summed E-state index contributed by atoms with van der Waals surface area (Å²) in [6, 6.07) is 8.60. The highest BCUT2D eigenvalue weighted by Gasteiger charge is 2.09. The molecule has 0 fully saturated rings. The van der Waals surface area contributed by atoms with Crippen molar-refractivity contribution in [3.63, 3.8) is 0 Å². The van der Waals surface area contributed by atoms with Crippen molar-refractivity contribution >= 4 is 39.1 Å². The number of benzene rings is 1. The van der Waals surface area contributed by atoms with Gasteiger partial charge in [-0.1, -0.05) is 17.7 Å². The number of hydrogen-bond acceptors (Lipinski definition) is 5. The molecule has 3 aromatic rings. The number of rotatable bonds is 4. The van der Waals surface area contributed by atoms with Crippen LogP contribution in [0.15, 0.2) is 34.5 Å². The molecule has 1 aromatic carbocycles. The molecule has 0 saturated carbocycles. The molecule has 0 radical (unpaired) electrons. The predicted octanol–water partition coefficient (Wildman–Crippen LogP) is 4.64. The topological polar surface area (TPSA) is 37.8 Å². The van der Waals surface area contributed by atoms with E-state index in [0.29, 0.717) is 0 Å². The second-order valence-corrected chi connectivity index (χ2v) is 6.85. The number of hydrogen-bond donors (Lipinski definition) is 1. The lowest BCUT2D eigenvalue weighted by atomic mass is 10.2. The van der Waals surface area contributed by atoms with Crippen molar-refractivity contribution in [3.8, 4) is 0 Å². The zero-order valence-corrected chi connectivity index (χ0v) is 13.9. The molecule has 2 heterocycles. The van der Waals surface area contributed by atoms with Gasteiger partial charge in [-0.2, -0.15) is 0 Å². The lowest BCUT2D eigenvalue weighted by Gasteiger charge is -2.08. The third kappa shape index (κ3) is 3.04. The normalized spacial score (nSPS) is 11.0. The van der Waals surface area contributed by atoms with Crippen molar-refractivity contribution in [1.29, 1.82) is 0 Å². The van der Waals surface area contributed by atoms with Crippen LogP contribution in [-0.4, -0.2) is 17.0 Å². The average Bonchev–Trinajstić information content (AvgIpc) is 2.95. The summed E-state index contributed by atoms with van der Waals surface area (Å²) in [6.45, 7) is 4.26. The molecule has 1 N–H and O–H groups in total. The van der Waals surface area contributed by atoms with Gasteiger partial charge >= 0.3 is 0 Å². The largest absolute Gasteiger partial charge is 0.372 e. The van der Waals surface area contributed by atoms with Crippen LogP contribution in [0.2, 0.25) is 0 Å². The maximum atomic E-state index is 4.66. The molecule has 0 saturated heterocycles. The molecule has 3 nitrogen and oxygen atoms in total. The Balaban J connectivity index is 1.86. The summed E-state index contributed by atoms with van der Waals surface area (Å²) >= 11 is 3.45. The molecule has 3 rings (SSSR count). The molecule has 0 aliphatic rings. The van der Waals surface area contributed by atoms with E-state index < -0.39 is 0 Å². The quantitative estimate of drug-likeness (QED) is 0.712. The van der Waals surface area contributed by atoms with E-state index in [1.807, 2.05) is 7.05 Å². The van der Waals surface area contributed by atoms with Crippen LogP contribution in [0.25, 0.3) is 10.2 Å². The molecular weight excluding hydrogens is 298 g/mol. The first-order valence-corrected chi connectivity index (χ1v) is 8.66. The SMILES string of the molecule is CNc1nc(CSc2cc(C)ccc2C)nc2sccc12. The fourth-order valence-corrected chi connectivity index (χ4v) is 3.92. The molecule has 0 bridgehead atoms. The Labute approximate surface area is 132 Å². The van der Waals surface area contributed by atoms with Gasteiger partial charge in [-0.3, -0.25) is 0 Å². The standard InChI is InChI=1S/C16H17N3S2/c1-10-4-5-11(2)13(8-10)21-9-14-18-15(17-3)12-6-7-20-16(12)19-14/h4-8H,9H2,1-3H3,(H,17,18,19). The van der Waals surface area contributed by atoms with E-state index >= 15 is 0 Å². The van der Waals surface area contributed by atoms with Crippen molar-refractivity contribution in [1.82, 2.24) is 9.97 Å². The van der Waals surface area contributed by atoms with Gasteiger partial charge in [0.2, 0.25) is 0 Å². The number of nitrogens with one attached hydrogen (secondary N) is 1. The molecule has 0 aliphatic heterocycles. The fourth-order valence-electron chi connectivity index (χ4n) is 2.16. The van der Waals surface area contributed by atoms with Crippen molar-refractivity contribution in [3.05, 3.63) is 46.6 Å². The summed E-state index contributed by atoms with van der Waals surface area (Å²) in [4.78, 5) is 11.6. The van der Waals surface area contributed by atoms with Crippen molar-refractivity contribution in [2.45, 2.75) is 24.5 Å². The molecule has 0 amide bonds. The minimum atomic E-state index is 0.785. The molecule has 0 atom stereocenters. The van der Waals surface area contributed by atoms with Crippen LogP contribution in [0.4, 0.5) is 5.82 Å². The number of anilines is 1. The Hall–Kier alpha value is -1.59. The van der Waals surface area contributed by atoms with Crippen LogP contribution in [0, 0.1) is 13.8 Å². The molecule has 21 heavy (non-hydrogen) atoms. The van der Waals surface area contributed by atoms with Gasteiger partial charge < -0.3 is 5.32 Å². The van der Waals surface area contributed by atoms with Crippen LogP contribution < -0.4 is 5.32 Å². The first-order chi connectivity index (χ1) is 10.2. The van der Waals surface area contributed by atoms with E-state index in [0.717, 1.165) is 27.6 Å². The van der Waals surface area contributed by atoms with Gasteiger partial charge in [-0.05, 0) is 36.9 Å². The third-order valence-corrected chi connectivity index (χ3v) is 5.27. The van der Waals surface area contributed by atoms with Gasteiger partial charge in [0.05, 0.1) is 11.1 Å². The lowest BCUT2D eigenvalue weighted by Crippen LogP contribution is -1.99. The number of thiophene rings is 1. The van der Waals surface area contributed by atoms with Crippen LogP contribution >= 0.6 is 23.1 Å². The van der Waals surface area contributed by atoms with Gasteiger partial charge in [0.1, 0.15) is 16.5 Å². The van der Waals surface area contributed by atoms with E-state index in [9.17, 15) is 0 Å². The summed E-state index contributed by atoms with van der Waals surface area (Å²) < 4.78 is 0. The summed E-state index contributed by atoms with van der Waals surface area (Å²) in [5.74, 6) is 2.57. The first kappa shape index (κ1) is 14.4. The molecular formula is C16H17N3S2. The molecule has 0 spiro atoms. The van der Waals surface area contributed by atoms with Gasteiger partial charge in [-0.25, -0.2) is 9.97 Å². The van der Waals surface area contributed by atoms with Crippen LogP contribution in [0.5, 0.6) is 0 Å². The molecule has 0 unspecified atom stereocenters. The van der Waals surface area contributed by atoms with Gasteiger partial charge in [0.25, 0.3) is 0 Å². The highest BCUT2D eigenvalue weighted by molar-refractivity contribution is 7.98. The van der Waals surface area contributed by atoms with Gasteiger partial charge in [-0.15, -0.1) is 23.1 Å². The molecule has 2 aromatic heterocycles. The number of aromatic nitrogens is 2. The zero-order valence-electron chi connectivity index (χ0n) is 12.3. The maximum absolute atomic E-state index is 4.66. The second-order valence-electron chi connectivity index (χ2n) is 4.94. The van der Waals surface area contributed by atoms with Crippen molar-refractivity contribution in [2.75, 3.05) is 12.4 Å². The lowest BCUT2D eigenvalue weighted by molar-refractivity contribution is 1.07. The Kier molecular flexibility index (Phi) is 4.12. The predicted molar refractivity (Wildman–Crippen MR) is 92.4 cm³/mol. The third-order valence-electron chi connectivity index (χ3n) is 3.31. The summed E-state index contributed by atoms with van der Waals surface area (Å²) in [6.07, 6.45) is 0. The second kappa shape index (κ2) is 6.03.